The van der Waals surface area contributed by atoms with Gasteiger partial charge in [0.05, 0.1) is 0 Å². The third-order valence-electron chi connectivity index (χ3n) is 2.55. The van der Waals surface area contributed by atoms with Crippen LogP contribution in [-0.4, -0.2) is 0 Å². The second-order valence-corrected chi connectivity index (χ2v) is 4.25. The highest BCUT2D eigenvalue weighted by Crippen LogP contribution is 2.26. The van der Waals surface area contributed by atoms with Gasteiger partial charge in [-0.25, -0.2) is 0 Å². The van der Waals surface area contributed by atoms with Gasteiger partial charge in [-0.3, -0.25) is 0 Å². The van der Waals surface area contributed by atoms with Crippen LogP contribution in [0, 0.1) is 11.8 Å². The first kappa shape index (κ1) is 9.83. The molecule has 69 valence electrons. The summed E-state index contributed by atoms with van der Waals surface area (Å²) in [5.41, 5.74) is 0. The van der Waals surface area contributed by atoms with E-state index in [0.29, 0.717) is 0 Å². The van der Waals surface area contributed by atoms with Crippen molar-refractivity contribution in [3.05, 3.63) is 18.1 Å². The molecule has 1 radical (unpaired) electrons. The molecular weight excluding hydrogens is 144 g/mol. The van der Waals surface area contributed by atoms with Crippen LogP contribution < -0.4 is 0 Å². The molecule has 0 amide bonds. The Hall–Kier alpha value is -0.260. The van der Waals surface area contributed by atoms with Crippen LogP contribution in [0.4, 0.5) is 0 Å². The molecule has 1 aliphatic rings. The first-order valence-corrected chi connectivity index (χ1v) is 5.27. The number of hydrogen-bond acceptors (Lipinski definition) is 0. The van der Waals surface area contributed by atoms with E-state index in [0.717, 1.165) is 5.92 Å². The molecule has 0 fully saturated rings. The highest BCUT2D eigenvalue weighted by atomic mass is 14.1. The van der Waals surface area contributed by atoms with E-state index in [9.17, 15) is 0 Å². The van der Waals surface area contributed by atoms with Gasteiger partial charge in [0.2, 0.25) is 0 Å². The lowest BCUT2D eigenvalue weighted by Gasteiger charge is -2.17. The molecule has 1 aliphatic carbocycles. The maximum absolute atomic E-state index is 2.33. The fourth-order valence-corrected chi connectivity index (χ4v) is 1.74. The number of allylic oxidation sites excluding steroid dienone is 2. The summed E-state index contributed by atoms with van der Waals surface area (Å²) < 4.78 is 0. The summed E-state index contributed by atoms with van der Waals surface area (Å²) >= 11 is 0. The van der Waals surface area contributed by atoms with Crippen LogP contribution in [-0.2, 0) is 0 Å². The van der Waals surface area contributed by atoms with E-state index < -0.39 is 0 Å². The van der Waals surface area contributed by atoms with Gasteiger partial charge in [-0.05, 0) is 37.5 Å². The van der Waals surface area contributed by atoms with Gasteiger partial charge in [-0.1, -0.05) is 38.8 Å². The molecule has 0 spiro atoms. The third kappa shape index (κ3) is 3.94. The second kappa shape index (κ2) is 5.40. The summed E-state index contributed by atoms with van der Waals surface area (Å²) in [7, 11) is 0. The summed E-state index contributed by atoms with van der Waals surface area (Å²) in [4.78, 5) is 0. The molecular formula is C12H21. The zero-order chi connectivity index (χ0) is 8.81. The maximum atomic E-state index is 2.33. The molecule has 0 heteroatoms. The molecule has 0 aromatic carbocycles. The lowest BCUT2D eigenvalue weighted by atomic mass is 9.89. The molecule has 0 saturated carbocycles. The van der Waals surface area contributed by atoms with E-state index in [4.69, 9.17) is 0 Å². The molecule has 0 N–H and O–H groups in total. The molecule has 0 atom stereocenters. The molecule has 0 unspecified atom stereocenters. The SMILES string of the molecule is CC(C)CCC[C]1CC=CCC1. The normalized spacial score (nSPS) is 18.9. The predicted octanol–water partition coefficient (Wildman–Crippen LogP) is 4.13. The van der Waals surface area contributed by atoms with Crippen molar-refractivity contribution in [2.75, 3.05) is 0 Å². The number of hydrogen-bond donors (Lipinski definition) is 0. The van der Waals surface area contributed by atoms with Crippen LogP contribution in [0.15, 0.2) is 12.2 Å². The highest BCUT2D eigenvalue weighted by Gasteiger charge is 2.09. The summed E-state index contributed by atoms with van der Waals surface area (Å²) in [6, 6.07) is 0. The Bertz CT molecular complexity index is 133. The van der Waals surface area contributed by atoms with Gasteiger partial charge in [0.1, 0.15) is 0 Å². The van der Waals surface area contributed by atoms with Gasteiger partial charge in [0.25, 0.3) is 0 Å². The van der Waals surface area contributed by atoms with E-state index in [1.54, 1.807) is 5.92 Å². The lowest BCUT2D eigenvalue weighted by Crippen LogP contribution is -2.00. The van der Waals surface area contributed by atoms with Gasteiger partial charge >= 0.3 is 0 Å². The smallest absolute Gasteiger partial charge is 0.0200 e. The van der Waals surface area contributed by atoms with Crippen molar-refractivity contribution in [1.29, 1.82) is 0 Å². The second-order valence-electron chi connectivity index (χ2n) is 4.25. The minimum Gasteiger partial charge on any atom is -0.0885 e. The zero-order valence-corrected chi connectivity index (χ0v) is 8.47. The third-order valence-corrected chi connectivity index (χ3v) is 2.55. The standard InChI is InChI=1S/C12H21/c1-11(2)7-6-10-12-8-4-3-5-9-12/h3-4,11H,5-10H2,1-2H3. The van der Waals surface area contributed by atoms with Crippen molar-refractivity contribution in [3.63, 3.8) is 0 Å². The predicted molar refractivity (Wildman–Crippen MR) is 54.9 cm³/mol. The van der Waals surface area contributed by atoms with Crippen LogP contribution in [0.5, 0.6) is 0 Å². The van der Waals surface area contributed by atoms with Crippen molar-refractivity contribution in [1.82, 2.24) is 0 Å². The molecule has 0 saturated heterocycles. The fraction of sp³-hybridized carbons (Fsp3) is 0.750. The van der Waals surface area contributed by atoms with Gasteiger partial charge in [0, 0.05) is 0 Å². The van der Waals surface area contributed by atoms with Gasteiger partial charge in [0.15, 0.2) is 0 Å². The summed E-state index contributed by atoms with van der Waals surface area (Å²) in [6.07, 6.45) is 12.7. The maximum Gasteiger partial charge on any atom is -0.0200 e. The van der Waals surface area contributed by atoms with Gasteiger partial charge in [-0.2, -0.15) is 0 Å². The van der Waals surface area contributed by atoms with E-state index in [1.165, 1.54) is 38.5 Å². The average molecular weight is 165 g/mol. The first-order valence-electron chi connectivity index (χ1n) is 5.27. The molecule has 0 aromatic rings. The minimum absolute atomic E-state index is 0.879. The van der Waals surface area contributed by atoms with Crippen molar-refractivity contribution in [2.24, 2.45) is 5.92 Å². The minimum atomic E-state index is 0.879. The molecule has 0 bridgehead atoms. The van der Waals surface area contributed by atoms with E-state index in [2.05, 4.69) is 26.0 Å². The van der Waals surface area contributed by atoms with E-state index in [1.807, 2.05) is 0 Å². The quantitative estimate of drug-likeness (QED) is 0.549. The average Bonchev–Trinajstić information content (AvgIpc) is 2.05. The van der Waals surface area contributed by atoms with E-state index >= 15 is 0 Å². The Morgan fingerprint density at radius 3 is 2.75 bits per heavy atom. The van der Waals surface area contributed by atoms with Crippen molar-refractivity contribution >= 4 is 0 Å². The van der Waals surface area contributed by atoms with Gasteiger partial charge < -0.3 is 0 Å². The number of rotatable bonds is 4. The molecule has 0 nitrogen and oxygen atoms in total. The van der Waals surface area contributed by atoms with Crippen molar-refractivity contribution in [3.8, 4) is 0 Å². The Labute approximate surface area is 77.1 Å². The van der Waals surface area contributed by atoms with Crippen LogP contribution in [0.25, 0.3) is 0 Å². The van der Waals surface area contributed by atoms with Crippen LogP contribution in [0.2, 0.25) is 0 Å². The van der Waals surface area contributed by atoms with Gasteiger partial charge in [-0.15, -0.1) is 0 Å². The first-order chi connectivity index (χ1) is 5.79. The van der Waals surface area contributed by atoms with Crippen molar-refractivity contribution < 1.29 is 0 Å². The Balaban J connectivity index is 2.03. The molecule has 0 aromatic heterocycles. The Kier molecular flexibility index (Phi) is 4.42. The highest BCUT2D eigenvalue weighted by molar-refractivity contribution is 5.04. The summed E-state index contributed by atoms with van der Waals surface area (Å²) in [5, 5.41) is 0. The monoisotopic (exact) mass is 165 g/mol. The molecule has 1 rings (SSSR count). The van der Waals surface area contributed by atoms with Crippen LogP contribution >= 0.6 is 0 Å². The van der Waals surface area contributed by atoms with Crippen LogP contribution in [0.3, 0.4) is 0 Å². The topological polar surface area (TPSA) is 0 Å². The summed E-state index contributed by atoms with van der Waals surface area (Å²) in [5.74, 6) is 2.66. The lowest BCUT2D eigenvalue weighted by molar-refractivity contribution is 0.526. The van der Waals surface area contributed by atoms with E-state index in [-0.39, 0.29) is 0 Å². The fourth-order valence-electron chi connectivity index (χ4n) is 1.74. The largest absolute Gasteiger partial charge is 0.0885 e. The van der Waals surface area contributed by atoms with Crippen LogP contribution in [0.1, 0.15) is 52.4 Å². The Morgan fingerprint density at radius 1 is 1.33 bits per heavy atom. The molecule has 0 aliphatic heterocycles. The summed E-state index contributed by atoms with van der Waals surface area (Å²) in [6.45, 7) is 4.62. The molecule has 0 heterocycles. The van der Waals surface area contributed by atoms with Crippen molar-refractivity contribution in [2.45, 2.75) is 52.4 Å². The molecule has 12 heavy (non-hydrogen) atoms. The zero-order valence-electron chi connectivity index (χ0n) is 8.47. The Morgan fingerprint density at radius 2 is 2.17 bits per heavy atom.